The van der Waals surface area contributed by atoms with Gasteiger partial charge < -0.3 is 5.32 Å². The van der Waals surface area contributed by atoms with E-state index in [2.05, 4.69) is 29.3 Å². The molecular formula is C12H20N4S. The molecule has 0 saturated carbocycles. The summed E-state index contributed by atoms with van der Waals surface area (Å²) in [4.78, 5) is 4.64. The van der Waals surface area contributed by atoms with Gasteiger partial charge in [0, 0.05) is 24.5 Å². The molecule has 0 amide bonds. The molecule has 1 fully saturated rings. The average Bonchev–Trinajstić information content (AvgIpc) is 2.73. The van der Waals surface area contributed by atoms with Crippen LogP contribution in [0.3, 0.4) is 0 Å². The Morgan fingerprint density at radius 2 is 2.47 bits per heavy atom. The molecule has 2 rings (SSSR count). The third kappa shape index (κ3) is 3.03. The van der Waals surface area contributed by atoms with Gasteiger partial charge in [-0.3, -0.25) is 9.67 Å². The number of aryl methyl sites for hydroxylation is 1. The normalized spacial score (nSPS) is 27.1. The van der Waals surface area contributed by atoms with Crippen LogP contribution in [0.2, 0.25) is 0 Å². The molecule has 0 aliphatic carbocycles. The molecule has 1 atom stereocenters. The van der Waals surface area contributed by atoms with E-state index in [0.717, 1.165) is 23.0 Å². The molecule has 17 heavy (non-hydrogen) atoms. The topological polar surface area (TPSA) is 42.2 Å². The monoisotopic (exact) mass is 252 g/mol. The summed E-state index contributed by atoms with van der Waals surface area (Å²) < 4.78 is 1.87. The molecule has 1 aliphatic heterocycles. The maximum Gasteiger partial charge on any atom is 0.157 e. The van der Waals surface area contributed by atoms with Crippen LogP contribution >= 0.6 is 11.8 Å². The van der Waals surface area contributed by atoms with E-state index in [0.29, 0.717) is 6.54 Å². The first kappa shape index (κ1) is 12.5. The minimum Gasteiger partial charge on any atom is -0.360 e. The van der Waals surface area contributed by atoms with Crippen molar-refractivity contribution < 1.29 is 0 Å². The zero-order chi connectivity index (χ0) is 12.3. The summed E-state index contributed by atoms with van der Waals surface area (Å²) in [6, 6.07) is 2.01. The van der Waals surface area contributed by atoms with Gasteiger partial charge in [-0.25, -0.2) is 0 Å². The van der Waals surface area contributed by atoms with Crippen molar-refractivity contribution in [2.75, 3.05) is 5.75 Å². The van der Waals surface area contributed by atoms with Crippen LogP contribution in [0.5, 0.6) is 0 Å². The fourth-order valence-corrected chi connectivity index (χ4v) is 3.01. The van der Waals surface area contributed by atoms with Gasteiger partial charge in [-0.15, -0.1) is 0 Å². The minimum atomic E-state index is 0.219. The fraction of sp³-hybridized carbons (Fsp3) is 0.667. The van der Waals surface area contributed by atoms with Crippen molar-refractivity contribution in [3.63, 3.8) is 0 Å². The highest BCUT2D eigenvalue weighted by molar-refractivity contribution is 8.13. The highest BCUT2D eigenvalue weighted by atomic mass is 32.2. The second kappa shape index (κ2) is 5.12. The van der Waals surface area contributed by atoms with Gasteiger partial charge in [0.2, 0.25) is 0 Å². The van der Waals surface area contributed by atoms with Crippen LogP contribution in [0.15, 0.2) is 17.3 Å². The number of aromatic nitrogens is 2. The van der Waals surface area contributed by atoms with E-state index in [-0.39, 0.29) is 5.54 Å². The molecule has 2 heterocycles. The summed E-state index contributed by atoms with van der Waals surface area (Å²) in [6.45, 7) is 5.19. The number of thioether (sulfide) groups is 1. The highest BCUT2D eigenvalue weighted by Crippen LogP contribution is 2.25. The first-order valence-electron chi connectivity index (χ1n) is 6.05. The van der Waals surface area contributed by atoms with E-state index in [9.17, 15) is 0 Å². The van der Waals surface area contributed by atoms with Gasteiger partial charge >= 0.3 is 0 Å². The Morgan fingerprint density at radius 1 is 1.65 bits per heavy atom. The molecule has 0 bridgehead atoms. The number of aliphatic imine (C=N–C) groups is 1. The second-order valence-corrected chi connectivity index (χ2v) is 5.79. The summed E-state index contributed by atoms with van der Waals surface area (Å²) in [7, 11) is 1.95. The zero-order valence-corrected chi connectivity index (χ0v) is 11.5. The molecular weight excluding hydrogens is 232 g/mol. The predicted octanol–water partition coefficient (Wildman–Crippen LogP) is 2.17. The van der Waals surface area contributed by atoms with Gasteiger partial charge in [0.15, 0.2) is 5.17 Å². The number of hydrogen-bond acceptors (Lipinski definition) is 3. The van der Waals surface area contributed by atoms with Crippen LogP contribution in [0.1, 0.15) is 32.4 Å². The lowest BCUT2D eigenvalue weighted by Crippen LogP contribution is -2.48. The summed E-state index contributed by atoms with van der Waals surface area (Å²) in [5, 5.41) is 8.76. The first-order valence-corrected chi connectivity index (χ1v) is 7.04. The summed E-state index contributed by atoms with van der Waals surface area (Å²) in [5.41, 5.74) is 1.36. The standard InChI is InChI=1S/C12H20N4S/c1-4-12(2)6-8-17-11(15-12)13-9-10-5-7-14-16(10)3/h5,7H,4,6,8-9H2,1-3H3,(H,13,15). The van der Waals surface area contributed by atoms with E-state index >= 15 is 0 Å². The Bertz CT molecular complexity index is 412. The molecule has 1 saturated heterocycles. The first-order chi connectivity index (χ1) is 8.13. The molecule has 1 aromatic heterocycles. The van der Waals surface area contributed by atoms with Gasteiger partial charge in [-0.1, -0.05) is 18.7 Å². The van der Waals surface area contributed by atoms with Crippen molar-refractivity contribution in [1.82, 2.24) is 15.1 Å². The van der Waals surface area contributed by atoms with Gasteiger partial charge in [0.25, 0.3) is 0 Å². The number of nitrogens with one attached hydrogen (secondary N) is 1. The molecule has 0 radical (unpaired) electrons. The smallest absolute Gasteiger partial charge is 0.157 e. The third-order valence-electron chi connectivity index (χ3n) is 3.39. The van der Waals surface area contributed by atoms with E-state index < -0.39 is 0 Å². The molecule has 0 aromatic carbocycles. The van der Waals surface area contributed by atoms with E-state index in [1.54, 1.807) is 0 Å². The van der Waals surface area contributed by atoms with Gasteiger partial charge in [0.1, 0.15) is 0 Å². The zero-order valence-electron chi connectivity index (χ0n) is 10.7. The number of nitrogens with zero attached hydrogens (tertiary/aromatic N) is 3. The van der Waals surface area contributed by atoms with Gasteiger partial charge in [0.05, 0.1) is 12.2 Å². The van der Waals surface area contributed by atoms with Crippen LogP contribution in [0.25, 0.3) is 0 Å². The average molecular weight is 252 g/mol. The Hall–Kier alpha value is -0.970. The largest absolute Gasteiger partial charge is 0.360 e. The summed E-state index contributed by atoms with van der Waals surface area (Å²) in [6.07, 6.45) is 4.16. The van der Waals surface area contributed by atoms with Crippen molar-refractivity contribution >= 4 is 16.9 Å². The molecule has 1 aromatic rings. The van der Waals surface area contributed by atoms with Crippen molar-refractivity contribution in [2.24, 2.45) is 12.0 Å². The van der Waals surface area contributed by atoms with Crippen molar-refractivity contribution in [3.8, 4) is 0 Å². The quantitative estimate of drug-likeness (QED) is 0.896. The van der Waals surface area contributed by atoms with Gasteiger partial charge in [-0.05, 0) is 25.8 Å². The second-order valence-electron chi connectivity index (χ2n) is 4.71. The Balaban J connectivity index is 2.00. The van der Waals surface area contributed by atoms with Crippen LogP contribution < -0.4 is 5.32 Å². The Kier molecular flexibility index (Phi) is 3.76. The lowest BCUT2D eigenvalue weighted by Gasteiger charge is -2.35. The van der Waals surface area contributed by atoms with Crippen LogP contribution in [-0.4, -0.2) is 26.2 Å². The van der Waals surface area contributed by atoms with E-state index in [4.69, 9.17) is 0 Å². The van der Waals surface area contributed by atoms with Crippen molar-refractivity contribution in [1.29, 1.82) is 0 Å². The Morgan fingerprint density at radius 3 is 3.12 bits per heavy atom. The molecule has 4 nitrogen and oxygen atoms in total. The molecule has 1 N–H and O–H groups in total. The molecule has 5 heteroatoms. The molecule has 1 aliphatic rings. The SMILES string of the molecule is CCC1(C)CCSC(=NCc2ccnn2C)N1. The van der Waals surface area contributed by atoms with E-state index in [1.165, 1.54) is 6.42 Å². The van der Waals surface area contributed by atoms with Crippen molar-refractivity contribution in [2.45, 2.75) is 38.8 Å². The lowest BCUT2D eigenvalue weighted by molar-refractivity contribution is 0.390. The maximum atomic E-state index is 4.64. The number of amidine groups is 1. The predicted molar refractivity (Wildman–Crippen MR) is 73.3 cm³/mol. The van der Waals surface area contributed by atoms with Crippen LogP contribution in [0.4, 0.5) is 0 Å². The van der Waals surface area contributed by atoms with Crippen LogP contribution in [-0.2, 0) is 13.6 Å². The maximum absolute atomic E-state index is 4.64. The third-order valence-corrected chi connectivity index (χ3v) is 4.30. The molecule has 1 unspecified atom stereocenters. The number of hydrogen-bond donors (Lipinski definition) is 1. The Labute approximate surface area is 107 Å². The molecule has 94 valence electrons. The van der Waals surface area contributed by atoms with Crippen molar-refractivity contribution in [3.05, 3.63) is 18.0 Å². The summed E-state index contributed by atoms with van der Waals surface area (Å²) in [5.74, 6) is 1.15. The lowest BCUT2D eigenvalue weighted by atomic mass is 9.96. The van der Waals surface area contributed by atoms with Crippen LogP contribution in [0, 0.1) is 0 Å². The summed E-state index contributed by atoms with van der Waals surface area (Å²) >= 11 is 1.82. The van der Waals surface area contributed by atoms with Gasteiger partial charge in [-0.2, -0.15) is 5.10 Å². The fourth-order valence-electron chi connectivity index (χ4n) is 1.79. The number of rotatable bonds is 3. The van der Waals surface area contributed by atoms with E-state index in [1.807, 2.05) is 35.8 Å². The molecule has 0 spiro atoms. The highest BCUT2D eigenvalue weighted by Gasteiger charge is 2.27. The minimum absolute atomic E-state index is 0.219.